The average Bonchev–Trinajstić information content (AvgIpc) is 2.69. The van der Waals surface area contributed by atoms with Crippen molar-refractivity contribution in [3.8, 4) is 11.3 Å². The number of anilines is 3. The zero-order valence-corrected chi connectivity index (χ0v) is 17.0. The number of benzene rings is 1. The Kier molecular flexibility index (Phi) is 6.73. The van der Waals surface area contributed by atoms with Gasteiger partial charge in [0.25, 0.3) is 0 Å². The zero-order chi connectivity index (χ0) is 20.6. The highest BCUT2D eigenvalue weighted by atomic mass is 16.1. The quantitative estimate of drug-likeness (QED) is 0.506. The fraction of sp³-hybridized carbons (Fsp3) is 0.273. The first-order valence-corrected chi connectivity index (χ1v) is 9.64. The monoisotopic (exact) mass is 390 g/mol. The predicted octanol–water partition coefficient (Wildman–Crippen LogP) is 3.84. The maximum absolute atomic E-state index is 10.9. The Hall–Kier alpha value is -3.48. The van der Waals surface area contributed by atoms with E-state index in [-0.39, 0.29) is 5.91 Å². The molecule has 2 heterocycles. The molecule has 0 aliphatic heterocycles. The number of carbonyl (C=O) groups is 1. The van der Waals surface area contributed by atoms with Crippen LogP contribution in [-0.4, -0.2) is 33.9 Å². The van der Waals surface area contributed by atoms with Gasteiger partial charge in [-0.25, -0.2) is 15.0 Å². The number of aromatic nitrogens is 3. The van der Waals surface area contributed by atoms with Crippen LogP contribution in [0.25, 0.3) is 11.3 Å². The molecule has 7 nitrogen and oxygen atoms in total. The van der Waals surface area contributed by atoms with Crippen molar-refractivity contribution < 1.29 is 4.79 Å². The molecule has 0 saturated carbocycles. The number of aryl methyl sites for hydroxylation is 1. The van der Waals surface area contributed by atoms with Crippen LogP contribution in [0.15, 0.2) is 48.8 Å². The van der Waals surface area contributed by atoms with Crippen LogP contribution >= 0.6 is 0 Å². The zero-order valence-electron chi connectivity index (χ0n) is 17.0. The van der Waals surface area contributed by atoms with Gasteiger partial charge >= 0.3 is 0 Å². The Morgan fingerprint density at radius 3 is 2.66 bits per heavy atom. The van der Waals surface area contributed by atoms with E-state index < -0.39 is 0 Å². The second kappa shape index (κ2) is 9.64. The molecule has 7 heteroatoms. The topological polar surface area (TPSA) is 91.8 Å². The van der Waals surface area contributed by atoms with Gasteiger partial charge in [0.2, 0.25) is 11.9 Å². The van der Waals surface area contributed by atoms with Gasteiger partial charge in [-0.3, -0.25) is 4.79 Å². The molecule has 0 atom stereocenters. The molecule has 1 amide bonds. The van der Waals surface area contributed by atoms with Gasteiger partial charge in [-0.05, 0) is 50.1 Å². The number of nitrogens with zero attached hydrogens (tertiary/aromatic N) is 3. The van der Waals surface area contributed by atoms with Crippen molar-refractivity contribution in [2.24, 2.45) is 0 Å². The van der Waals surface area contributed by atoms with E-state index >= 15 is 0 Å². The lowest BCUT2D eigenvalue weighted by atomic mass is 10.1. The van der Waals surface area contributed by atoms with Crippen molar-refractivity contribution in [1.29, 1.82) is 0 Å². The molecule has 150 valence electrons. The maximum Gasteiger partial charge on any atom is 0.227 e. The fourth-order valence-electron chi connectivity index (χ4n) is 2.97. The van der Waals surface area contributed by atoms with E-state index in [1.807, 2.05) is 44.2 Å². The third-order valence-corrected chi connectivity index (χ3v) is 4.43. The third kappa shape index (κ3) is 5.75. The molecule has 0 unspecified atom stereocenters. The van der Waals surface area contributed by atoms with Gasteiger partial charge in [-0.2, -0.15) is 0 Å². The number of hydrogen-bond donors (Lipinski definition) is 3. The van der Waals surface area contributed by atoms with Crippen LogP contribution in [0.2, 0.25) is 0 Å². The highest BCUT2D eigenvalue weighted by molar-refractivity contribution is 5.72. The summed E-state index contributed by atoms with van der Waals surface area (Å²) < 4.78 is 0. The molecule has 0 aliphatic rings. The lowest BCUT2D eigenvalue weighted by Crippen LogP contribution is -2.22. The van der Waals surface area contributed by atoms with E-state index in [4.69, 9.17) is 0 Å². The summed E-state index contributed by atoms with van der Waals surface area (Å²) in [6.07, 6.45) is 4.35. The first-order chi connectivity index (χ1) is 14.0. The van der Waals surface area contributed by atoms with Gasteiger partial charge in [-0.15, -0.1) is 0 Å². The highest BCUT2D eigenvalue weighted by Crippen LogP contribution is 2.26. The van der Waals surface area contributed by atoms with Gasteiger partial charge < -0.3 is 16.0 Å². The van der Waals surface area contributed by atoms with Crippen molar-refractivity contribution in [3.05, 3.63) is 59.9 Å². The normalized spacial score (nSPS) is 10.4. The summed E-state index contributed by atoms with van der Waals surface area (Å²) in [6, 6.07) is 11.9. The number of nitrogens with one attached hydrogen (secondary N) is 3. The molecular weight excluding hydrogens is 364 g/mol. The molecule has 0 spiro atoms. The summed E-state index contributed by atoms with van der Waals surface area (Å²) in [5.41, 5.74) is 4.98. The number of carbonyl (C=O) groups excluding carboxylic acids is 1. The number of pyridine rings is 1. The molecule has 1 aromatic carbocycles. The molecule has 0 bridgehead atoms. The minimum Gasteiger partial charge on any atom is -0.370 e. The smallest absolute Gasteiger partial charge is 0.227 e. The van der Waals surface area contributed by atoms with Gasteiger partial charge in [0, 0.05) is 49.2 Å². The summed E-state index contributed by atoms with van der Waals surface area (Å²) in [5, 5.41) is 9.38. The van der Waals surface area contributed by atoms with Gasteiger partial charge in [0.05, 0.1) is 5.69 Å². The summed E-state index contributed by atoms with van der Waals surface area (Å²) in [4.78, 5) is 24.4. The molecule has 0 fully saturated rings. The van der Waals surface area contributed by atoms with Gasteiger partial charge in [0.15, 0.2) is 0 Å². The SMILES string of the molecule is CC(=O)NCCCNc1nccc(-c2ccnc(Nc3cccc(C)c3)n2)c1C. The molecule has 29 heavy (non-hydrogen) atoms. The summed E-state index contributed by atoms with van der Waals surface area (Å²) in [7, 11) is 0. The molecule has 3 N–H and O–H groups in total. The summed E-state index contributed by atoms with van der Waals surface area (Å²) in [5.74, 6) is 1.35. The third-order valence-electron chi connectivity index (χ3n) is 4.43. The molecule has 0 radical (unpaired) electrons. The second-order valence-electron chi connectivity index (χ2n) is 6.86. The lowest BCUT2D eigenvalue weighted by Gasteiger charge is -2.13. The van der Waals surface area contributed by atoms with E-state index in [1.54, 1.807) is 12.4 Å². The van der Waals surface area contributed by atoms with E-state index in [9.17, 15) is 4.79 Å². The Bertz CT molecular complexity index is 989. The van der Waals surface area contributed by atoms with Crippen LogP contribution in [0.1, 0.15) is 24.5 Å². The van der Waals surface area contributed by atoms with Crippen molar-refractivity contribution in [2.75, 3.05) is 23.7 Å². The number of rotatable bonds is 8. The number of hydrogen-bond acceptors (Lipinski definition) is 6. The maximum atomic E-state index is 10.9. The minimum absolute atomic E-state index is 0.0138. The van der Waals surface area contributed by atoms with Crippen LogP contribution in [0.4, 0.5) is 17.5 Å². The van der Waals surface area contributed by atoms with Gasteiger partial charge in [0.1, 0.15) is 5.82 Å². The fourth-order valence-corrected chi connectivity index (χ4v) is 2.97. The Labute approximate surface area is 171 Å². The lowest BCUT2D eigenvalue weighted by molar-refractivity contribution is -0.118. The Morgan fingerprint density at radius 2 is 1.86 bits per heavy atom. The molecular formula is C22H26N6O. The van der Waals surface area contributed by atoms with E-state index in [0.29, 0.717) is 12.5 Å². The van der Waals surface area contributed by atoms with Crippen LogP contribution in [-0.2, 0) is 4.79 Å². The van der Waals surface area contributed by atoms with Crippen molar-refractivity contribution in [1.82, 2.24) is 20.3 Å². The van der Waals surface area contributed by atoms with Crippen LogP contribution in [0.5, 0.6) is 0 Å². The van der Waals surface area contributed by atoms with Crippen molar-refractivity contribution >= 4 is 23.4 Å². The largest absolute Gasteiger partial charge is 0.370 e. The average molecular weight is 390 g/mol. The van der Waals surface area contributed by atoms with Crippen LogP contribution < -0.4 is 16.0 Å². The summed E-state index contributed by atoms with van der Waals surface area (Å²) >= 11 is 0. The molecule has 0 saturated heterocycles. The Morgan fingerprint density at radius 1 is 1.03 bits per heavy atom. The molecule has 3 rings (SSSR count). The van der Waals surface area contributed by atoms with E-state index in [2.05, 4.69) is 37.0 Å². The number of amides is 1. The Balaban J connectivity index is 1.72. The summed E-state index contributed by atoms with van der Waals surface area (Å²) in [6.45, 7) is 6.95. The molecule has 0 aliphatic carbocycles. The van der Waals surface area contributed by atoms with Gasteiger partial charge in [-0.1, -0.05) is 12.1 Å². The van der Waals surface area contributed by atoms with Crippen molar-refractivity contribution in [2.45, 2.75) is 27.2 Å². The second-order valence-corrected chi connectivity index (χ2v) is 6.86. The molecule has 3 aromatic rings. The van der Waals surface area contributed by atoms with Crippen LogP contribution in [0.3, 0.4) is 0 Å². The minimum atomic E-state index is -0.0138. The highest BCUT2D eigenvalue weighted by Gasteiger charge is 2.10. The molecule has 2 aromatic heterocycles. The van der Waals surface area contributed by atoms with E-state index in [0.717, 1.165) is 41.3 Å². The van der Waals surface area contributed by atoms with Crippen molar-refractivity contribution in [3.63, 3.8) is 0 Å². The van der Waals surface area contributed by atoms with E-state index in [1.165, 1.54) is 12.5 Å². The first kappa shape index (κ1) is 20.3. The predicted molar refractivity (Wildman–Crippen MR) is 116 cm³/mol. The van der Waals surface area contributed by atoms with Crippen LogP contribution in [0, 0.1) is 13.8 Å². The standard InChI is InChI=1S/C22H26N6O/c1-15-6-4-7-18(14-15)27-22-26-13-9-20(28-22)19-8-12-25-21(16(19)2)24-11-5-10-23-17(3)29/h4,6-9,12-14H,5,10-11H2,1-3H3,(H,23,29)(H,24,25)(H,26,27,28). The first-order valence-electron chi connectivity index (χ1n) is 9.64.